The fraction of sp³-hybridized carbons (Fsp3) is 0.455. The first-order valence-corrected chi connectivity index (χ1v) is 5.60. The van der Waals surface area contributed by atoms with Crippen molar-refractivity contribution in [3.63, 3.8) is 0 Å². The van der Waals surface area contributed by atoms with Crippen LogP contribution >= 0.6 is 0 Å². The number of nitrogens with one attached hydrogen (secondary N) is 1. The number of hydrogen-bond acceptors (Lipinski definition) is 6. The average molecular weight is 270 g/mol. The Bertz CT molecular complexity index is 592. The summed E-state index contributed by atoms with van der Waals surface area (Å²) in [7, 11) is 0. The highest BCUT2D eigenvalue weighted by atomic mass is 16.6. The lowest BCUT2D eigenvalue weighted by Gasteiger charge is -2.17. The summed E-state index contributed by atoms with van der Waals surface area (Å²) in [6.07, 6.45) is -2.47. The van der Waals surface area contributed by atoms with Gasteiger partial charge in [0.1, 0.15) is 18.3 Å². The number of aromatic amines is 1. The number of aliphatic hydroxyl groups is 3. The summed E-state index contributed by atoms with van der Waals surface area (Å²) in [5.41, 5.74) is -1.27. The van der Waals surface area contributed by atoms with Gasteiger partial charge < -0.3 is 20.1 Å². The lowest BCUT2D eigenvalue weighted by molar-refractivity contribution is -0.0550. The molecule has 104 valence electrons. The van der Waals surface area contributed by atoms with Gasteiger partial charge in [0.05, 0.1) is 12.2 Å². The summed E-state index contributed by atoms with van der Waals surface area (Å²) in [4.78, 5) is 25.1. The van der Waals surface area contributed by atoms with Crippen LogP contribution in [0.4, 0.5) is 0 Å². The summed E-state index contributed by atoms with van der Waals surface area (Å²) in [5.74, 6) is 0. The monoisotopic (exact) mass is 270 g/mol. The zero-order valence-electron chi connectivity index (χ0n) is 9.89. The van der Waals surface area contributed by atoms with Gasteiger partial charge in [-0.1, -0.05) is 12.7 Å². The van der Waals surface area contributed by atoms with E-state index in [1.54, 1.807) is 0 Å². The number of hydrogen-bond donors (Lipinski definition) is 4. The molecule has 0 spiro atoms. The van der Waals surface area contributed by atoms with Crippen molar-refractivity contribution in [3.8, 4) is 0 Å². The van der Waals surface area contributed by atoms with Gasteiger partial charge in [-0.15, -0.1) is 0 Å². The highest BCUT2D eigenvalue weighted by Gasteiger charge is 2.43. The summed E-state index contributed by atoms with van der Waals surface area (Å²) >= 11 is 0. The van der Waals surface area contributed by atoms with Gasteiger partial charge in [0.25, 0.3) is 5.56 Å². The molecule has 1 fully saturated rings. The van der Waals surface area contributed by atoms with Crippen molar-refractivity contribution in [1.29, 1.82) is 0 Å². The van der Waals surface area contributed by atoms with E-state index in [0.717, 1.165) is 4.57 Å². The third kappa shape index (κ3) is 2.26. The Kier molecular flexibility index (Phi) is 3.67. The topological polar surface area (TPSA) is 125 Å². The first-order chi connectivity index (χ1) is 8.99. The third-order valence-electron chi connectivity index (χ3n) is 3.01. The molecule has 0 bridgehead atoms. The molecule has 0 aromatic carbocycles. The standard InChI is InChI=1S/C11H14N2O6/c1-2-5-3-13(11(18)12-9(5)17)10-8(16)7(15)6(4-14)19-10/h2-3,6-8,10,14-16H,1,4H2,(H,12,17,18)/t6-,7+,8-,10-/m1/s1. The maximum absolute atomic E-state index is 11.7. The van der Waals surface area contributed by atoms with Crippen molar-refractivity contribution in [2.75, 3.05) is 6.61 Å². The van der Waals surface area contributed by atoms with Gasteiger partial charge in [-0.25, -0.2) is 4.79 Å². The molecule has 0 radical (unpaired) electrons. The molecule has 19 heavy (non-hydrogen) atoms. The van der Waals surface area contributed by atoms with E-state index >= 15 is 0 Å². The molecule has 4 N–H and O–H groups in total. The molecular weight excluding hydrogens is 256 g/mol. The van der Waals surface area contributed by atoms with Crippen LogP contribution in [0, 0.1) is 0 Å². The minimum atomic E-state index is -1.39. The van der Waals surface area contributed by atoms with Gasteiger partial charge in [-0.05, 0) is 0 Å². The predicted molar refractivity (Wildman–Crippen MR) is 64.4 cm³/mol. The maximum atomic E-state index is 11.7. The highest BCUT2D eigenvalue weighted by Crippen LogP contribution is 2.27. The lowest BCUT2D eigenvalue weighted by Crippen LogP contribution is -2.38. The molecule has 1 aromatic heterocycles. The molecule has 0 aliphatic carbocycles. The second kappa shape index (κ2) is 5.10. The van der Waals surface area contributed by atoms with E-state index in [4.69, 9.17) is 9.84 Å². The molecule has 0 unspecified atom stereocenters. The fourth-order valence-corrected chi connectivity index (χ4v) is 1.95. The molecule has 1 saturated heterocycles. The van der Waals surface area contributed by atoms with E-state index in [1.807, 2.05) is 4.98 Å². The van der Waals surface area contributed by atoms with E-state index < -0.39 is 42.4 Å². The molecule has 0 saturated carbocycles. The highest BCUT2D eigenvalue weighted by molar-refractivity contribution is 5.43. The van der Waals surface area contributed by atoms with Crippen LogP contribution in [0.5, 0.6) is 0 Å². The van der Waals surface area contributed by atoms with Crippen molar-refractivity contribution < 1.29 is 20.1 Å². The SMILES string of the molecule is C=Cc1cn([C@@H]2O[C@H](CO)[C@H](O)[C@H]2O)c(=O)[nH]c1=O. The molecule has 2 heterocycles. The first-order valence-electron chi connectivity index (χ1n) is 5.60. The van der Waals surface area contributed by atoms with Gasteiger partial charge in [0, 0.05) is 6.20 Å². The maximum Gasteiger partial charge on any atom is 0.330 e. The Morgan fingerprint density at radius 1 is 1.42 bits per heavy atom. The van der Waals surface area contributed by atoms with Crippen LogP contribution in [0.25, 0.3) is 6.08 Å². The molecular formula is C11H14N2O6. The summed E-state index contributed by atoms with van der Waals surface area (Å²) in [6.45, 7) is 2.93. The quantitative estimate of drug-likeness (QED) is 0.493. The van der Waals surface area contributed by atoms with Crippen LogP contribution in [-0.2, 0) is 4.74 Å². The third-order valence-corrected chi connectivity index (χ3v) is 3.01. The van der Waals surface area contributed by atoms with Crippen molar-refractivity contribution >= 4 is 6.08 Å². The van der Waals surface area contributed by atoms with Gasteiger partial charge in [0.2, 0.25) is 0 Å². The number of nitrogens with zero attached hydrogens (tertiary/aromatic N) is 1. The zero-order chi connectivity index (χ0) is 14.2. The first kappa shape index (κ1) is 13.7. The van der Waals surface area contributed by atoms with Gasteiger partial charge in [0.15, 0.2) is 6.23 Å². The number of aromatic nitrogens is 2. The second-order valence-electron chi connectivity index (χ2n) is 4.18. The number of H-pyrrole nitrogens is 1. The minimum absolute atomic E-state index is 0.123. The van der Waals surface area contributed by atoms with E-state index in [9.17, 15) is 19.8 Å². The zero-order valence-corrected chi connectivity index (χ0v) is 9.89. The lowest BCUT2D eigenvalue weighted by atomic mass is 10.1. The molecule has 4 atom stereocenters. The number of aliphatic hydroxyl groups excluding tert-OH is 3. The van der Waals surface area contributed by atoms with E-state index in [1.165, 1.54) is 12.3 Å². The van der Waals surface area contributed by atoms with Crippen LogP contribution in [0.15, 0.2) is 22.4 Å². The van der Waals surface area contributed by atoms with E-state index in [2.05, 4.69) is 6.58 Å². The van der Waals surface area contributed by atoms with E-state index in [0.29, 0.717) is 0 Å². The number of ether oxygens (including phenoxy) is 1. The summed E-state index contributed by atoms with van der Waals surface area (Å²) < 4.78 is 6.14. The normalized spacial score (nSPS) is 30.5. The van der Waals surface area contributed by atoms with Crippen molar-refractivity contribution in [1.82, 2.24) is 9.55 Å². The largest absolute Gasteiger partial charge is 0.394 e. The number of rotatable bonds is 3. The Hall–Kier alpha value is -1.74. The van der Waals surface area contributed by atoms with Crippen LogP contribution in [0.3, 0.4) is 0 Å². The molecule has 8 nitrogen and oxygen atoms in total. The average Bonchev–Trinajstić information content (AvgIpc) is 2.67. The Labute approximate surface area is 107 Å². The Morgan fingerprint density at radius 2 is 2.11 bits per heavy atom. The van der Waals surface area contributed by atoms with Crippen LogP contribution in [-0.4, -0.2) is 49.8 Å². The van der Waals surface area contributed by atoms with Gasteiger partial charge in [-0.2, -0.15) is 0 Å². The summed E-state index contributed by atoms with van der Waals surface area (Å²) in [6, 6.07) is 0. The van der Waals surface area contributed by atoms with E-state index in [-0.39, 0.29) is 5.56 Å². The van der Waals surface area contributed by atoms with Gasteiger partial charge in [-0.3, -0.25) is 14.3 Å². The Morgan fingerprint density at radius 3 is 2.63 bits per heavy atom. The molecule has 2 rings (SSSR count). The molecule has 1 aliphatic heterocycles. The summed E-state index contributed by atoms with van der Waals surface area (Å²) in [5, 5.41) is 28.4. The minimum Gasteiger partial charge on any atom is -0.394 e. The molecule has 8 heteroatoms. The van der Waals surface area contributed by atoms with Crippen molar-refractivity contribution in [2.45, 2.75) is 24.5 Å². The van der Waals surface area contributed by atoms with Crippen molar-refractivity contribution in [2.24, 2.45) is 0 Å². The predicted octanol–water partition coefficient (Wildman–Crippen LogP) is -2.21. The molecule has 1 aromatic rings. The fourth-order valence-electron chi connectivity index (χ4n) is 1.95. The molecule has 0 amide bonds. The van der Waals surface area contributed by atoms with Gasteiger partial charge >= 0.3 is 5.69 Å². The van der Waals surface area contributed by atoms with Crippen LogP contribution in [0.1, 0.15) is 11.8 Å². The smallest absolute Gasteiger partial charge is 0.330 e. The van der Waals surface area contributed by atoms with Crippen LogP contribution in [0.2, 0.25) is 0 Å². The van der Waals surface area contributed by atoms with Crippen LogP contribution < -0.4 is 11.2 Å². The van der Waals surface area contributed by atoms with Crippen molar-refractivity contribution in [3.05, 3.63) is 39.2 Å². The molecule has 1 aliphatic rings. The second-order valence-corrected chi connectivity index (χ2v) is 4.18. The Balaban J connectivity index is 2.46.